The highest BCUT2D eigenvalue weighted by molar-refractivity contribution is 6.18. The number of aromatic nitrogens is 1. The summed E-state index contributed by atoms with van der Waals surface area (Å²) in [6.45, 7) is 0. The molecule has 3 rings (SSSR count). The molecular formula is C12H13N5. The molecule has 0 aliphatic heterocycles. The first-order chi connectivity index (χ1) is 8.06. The summed E-state index contributed by atoms with van der Waals surface area (Å²) < 4.78 is 0. The molecule has 0 fully saturated rings. The third-order valence-corrected chi connectivity index (χ3v) is 2.90. The minimum atomic E-state index is 0.614. The zero-order chi connectivity index (χ0) is 12.2. The Labute approximate surface area is 97.4 Å². The summed E-state index contributed by atoms with van der Waals surface area (Å²) in [4.78, 5) is 3.22. The Morgan fingerprint density at radius 1 is 0.647 bits per heavy atom. The van der Waals surface area contributed by atoms with Gasteiger partial charge in [-0.1, -0.05) is 0 Å². The lowest BCUT2D eigenvalue weighted by molar-refractivity contribution is 1.54. The quantitative estimate of drug-likeness (QED) is 0.375. The molecule has 2 aromatic carbocycles. The molecule has 5 nitrogen and oxygen atoms in total. The third-order valence-electron chi connectivity index (χ3n) is 2.90. The standard InChI is InChI=1S/C12H13N5/c13-5-1-7(15)11-9(3-5)17-10-4-6(14)2-8(16)12(10)11/h1-4,17H,13-16H2. The van der Waals surface area contributed by atoms with E-state index < -0.39 is 0 Å². The number of hydrogen-bond donors (Lipinski definition) is 5. The van der Waals surface area contributed by atoms with Crippen LogP contribution in [0.25, 0.3) is 21.8 Å². The number of nitrogen functional groups attached to an aromatic ring is 4. The molecular weight excluding hydrogens is 214 g/mol. The van der Waals surface area contributed by atoms with E-state index in [0.29, 0.717) is 22.7 Å². The molecule has 0 atom stereocenters. The number of rotatable bonds is 0. The van der Waals surface area contributed by atoms with Crippen LogP contribution in [0, 0.1) is 0 Å². The van der Waals surface area contributed by atoms with Crippen molar-refractivity contribution < 1.29 is 0 Å². The Morgan fingerprint density at radius 3 is 1.47 bits per heavy atom. The third kappa shape index (κ3) is 1.25. The van der Waals surface area contributed by atoms with Gasteiger partial charge in [0.05, 0.1) is 11.0 Å². The van der Waals surface area contributed by atoms with E-state index in [-0.39, 0.29) is 0 Å². The summed E-state index contributed by atoms with van der Waals surface area (Å²) in [6.07, 6.45) is 0. The van der Waals surface area contributed by atoms with Gasteiger partial charge in [0.25, 0.3) is 0 Å². The lowest BCUT2D eigenvalue weighted by Crippen LogP contribution is -1.92. The van der Waals surface area contributed by atoms with Gasteiger partial charge in [-0.05, 0) is 24.3 Å². The van der Waals surface area contributed by atoms with Gasteiger partial charge in [0.2, 0.25) is 0 Å². The van der Waals surface area contributed by atoms with Crippen LogP contribution in [0.3, 0.4) is 0 Å². The fourth-order valence-corrected chi connectivity index (χ4v) is 2.28. The molecule has 0 amide bonds. The predicted octanol–water partition coefficient (Wildman–Crippen LogP) is 1.65. The van der Waals surface area contributed by atoms with Gasteiger partial charge in [0.1, 0.15) is 0 Å². The number of fused-ring (bicyclic) bond motifs is 3. The van der Waals surface area contributed by atoms with Crippen molar-refractivity contribution in [2.45, 2.75) is 0 Å². The van der Waals surface area contributed by atoms with Gasteiger partial charge >= 0.3 is 0 Å². The highest BCUT2D eigenvalue weighted by Crippen LogP contribution is 2.36. The van der Waals surface area contributed by atoms with Crippen LogP contribution >= 0.6 is 0 Å². The van der Waals surface area contributed by atoms with Gasteiger partial charge in [0, 0.05) is 33.5 Å². The molecule has 1 aromatic heterocycles. The van der Waals surface area contributed by atoms with Crippen molar-refractivity contribution in [2.24, 2.45) is 0 Å². The first kappa shape index (κ1) is 9.65. The number of nitrogens with two attached hydrogens (primary N) is 4. The van der Waals surface area contributed by atoms with Crippen LogP contribution < -0.4 is 22.9 Å². The number of benzene rings is 2. The van der Waals surface area contributed by atoms with E-state index in [4.69, 9.17) is 22.9 Å². The average Bonchev–Trinajstić information content (AvgIpc) is 2.55. The molecule has 17 heavy (non-hydrogen) atoms. The van der Waals surface area contributed by atoms with Crippen molar-refractivity contribution in [1.29, 1.82) is 0 Å². The molecule has 0 aliphatic rings. The first-order valence-corrected chi connectivity index (χ1v) is 5.21. The van der Waals surface area contributed by atoms with Gasteiger partial charge in [-0.3, -0.25) is 0 Å². The minimum Gasteiger partial charge on any atom is -0.399 e. The van der Waals surface area contributed by atoms with Gasteiger partial charge in [-0.25, -0.2) is 0 Å². The van der Waals surface area contributed by atoms with Crippen LogP contribution in [0.15, 0.2) is 24.3 Å². The van der Waals surface area contributed by atoms with Crippen LogP contribution in [-0.2, 0) is 0 Å². The molecule has 3 aromatic rings. The van der Waals surface area contributed by atoms with Gasteiger partial charge < -0.3 is 27.9 Å². The Balaban J connectivity index is 2.60. The van der Waals surface area contributed by atoms with Crippen molar-refractivity contribution in [2.75, 3.05) is 22.9 Å². The molecule has 0 bridgehead atoms. The average molecular weight is 227 g/mol. The second kappa shape index (κ2) is 2.98. The summed E-state index contributed by atoms with van der Waals surface area (Å²) in [6, 6.07) is 7.12. The molecule has 5 heteroatoms. The maximum absolute atomic E-state index is 5.99. The van der Waals surface area contributed by atoms with Gasteiger partial charge in [-0.2, -0.15) is 0 Å². The monoisotopic (exact) mass is 227 g/mol. The molecule has 0 saturated carbocycles. The lowest BCUT2D eigenvalue weighted by Gasteiger charge is -2.02. The number of anilines is 4. The van der Waals surface area contributed by atoms with E-state index in [1.165, 1.54) is 0 Å². The largest absolute Gasteiger partial charge is 0.399 e. The van der Waals surface area contributed by atoms with Gasteiger partial charge in [-0.15, -0.1) is 0 Å². The molecule has 0 radical (unpaired) electrons. The second-order valence-corrected chi connectivity index (χ2v) is 4.19. The van der Waals surface area contributed by atoms with Crippen molar-refractivity contribution in [3.63, 3.8) is 0 Å². The van der Waals surface area contributed by atoms with Crippen molar-refractivity contribution in [3.05, 3.63) is 24.3 Å². The number of H-pyrrole nitrogens is 1. The molecule has 0 aliphatic carbocycles. The van der Waals surface area contributed by atoms with Crippen LogP contribution in [-0.4, -0.2) is 4.98 Å². The zero-order valence-electron chi connectivity index (χ0n) is 9.12. The fourth-order valence-electron chi connectivity index (χ4n) is 2.28. The van der Waals surface area contributed by atoms with E-state index in [9.17, 15) is 0 Å². The molecule has 9 N–H and O–H groups in total. The fraction of sp³-hybridized carbons (Fsp3) is 0. The molecule has 1 heterocycles. The molecule has 0 spiro atoms. The number of aromatic amines is 1. The Morgan fingerprint density at radius 2 is 1.06 bits per heavy atom. The SMILES string of the molecule is Nc1cc(N)c2c(c1)[nH]c1cc(N)cc(N)c12. The van der Waals surface area contributed by atoms with Crippen LogP contribution in [0.5, 0.6) is 0 Å². The first-order valence-electron chi connectivity index (χ1n) is 5.21. The van der Waals surface area contributed by atoms with Crippen molar-refractivity contribution in [3.8, 4) is 0 Å². The van der Waals surface area contributed by atoms with E-state index in [0.717, 1.165) is 21.8 Å². The minimum absolute atomic E-state index is 0.614. The predicted molar refractivity (Wildman–Crippen MR) is 73.5 cm³/mol. The summed E-state index contributed by atoms with van der Waals surface area (Å²) in [5.41, 5.74) is 27.7. The maximum Gasteiger partial charge on any atom is 0.0507 e. The maximum atomic E-state index is 5.99. The van der Waals surface area contributed by atoms with Crippen molar-refractivity contribution >= 4 is 44.6 Å². The Kier molecular flexibility index (Phi) is 1.69. The smallest absolute Gasteiger partial charge is 0.0507 e. The molecule has 0 unspecified atom stereocenters. The van der Waals surface area contributed by atoms with Crippen LogP contribution in [0.2, 0.25) is 0 Å². The lowest BCUT2D eigenvalue weighted by atomic mass is 10.1. The molecule has 86 valence electrons. The topological polar surface area (TPSA) is 120 Å². The summed E-state index contributed by atoms with van der Waals surface area (Å²) in [7, 11) is 0. The Hall–Kier alpha value is -2.56. The summed E-state index contributed by atoms with van der Waals surface area (Å²) in [5.74, 6) is 0. The zero-order valence-corrected chi connectivity index (χ0v) is 9.12. The normalized spacial score (nSPS) is 11.3. The summed E-state index contributed by atoms with van der Waals surface area (Å²) >= 11 is 0. The second-order valence-electron chi connectivity index (χ2n) is 4.19. The van der Waals surface area contributed by atoms with E-state index in [2.05, 4.69) is 4.98 Å². The van der Waals surface area contributed by atoms with Crippen molar-refractivity contribution in [1.82, 2.24) is 4.98 Å². The van der Waals surface area contributed by atoms with E-state index >= 15 is 0 Å². The van der Waals surface area contributed by atoms with E-state index in [1.54, 1.807) is 12.1 Å². The number of nitrogens with one attached hydrogen (secondary N) is 1. The number of hydrogen-bond acceptors (Lipinski definition) is 4. The highest BCUT2D eigenvalue weighted by Gasteiger charge is 2.11. The van der Waals surface area contributed by atoms with Gasteiger partial charge in [0.15, 0.2) is 0 Å². The highest BCUT2D eigenvalue weighted by atomic mass is 14.7. The Bertz CT molecular complexity index is 679. The van der Waals surface area contributed by atoms with Crippen LogP contribution in [0.1, 0.15) is 0 Å². The van der Waals surface area contributed by atoms with Crippen LogP contribution in [0.4, 0.5) is 22.7 Å². The summed E-state index contributed by atoms with van der Waals surface area (Å²) in [5, 5.41) is 1.79. The van der Waals surface area contributed by atoms with E-state index in [1.807, 2.05) is 12.1 Å². The molecule has 0 saturated heterocycles.